The number of rotatable bonds is 2. The SMILES string of the molecule is [C-]#[N+]C(=C)C(=O)Nc1ccccc1Cl. The molecule has 1 amide bonds. The molecule has 3 nitrogen and oxygen atoms in total. The molecule has 0 aromatic heterocycles. The molecule has 0 radical (unpaired) electrons. The highest BCUT2D eigenvalue weighted by atomic mass is 35.5. The molecule has 1 aromatic carbocycles. The van der Waals surface area contributed by atoms with Crippen molar-refractivity contribution in [1.82, 2.24) is 0 Å². The Morgan fingerprint density at radius 2 is 2.14 bits per heavy atom. The van der Waals surface area contributed by atoms with Gasteiger partial charge in [-0.1, -0.05) is 30.3 Å². The summed E-state index contributed by atoms with van der Waals surface area (Å²) in [5.74, 6) is -0.534. The van der Waals surface area contributed by atoms with Crippen LogP contribution in [0.25, 0.3) is 4.85 Å². The van der Waals surface area contributed by atoms with Gasteiger partial charge in [-0.15, -0.1) is 0 Å². The van der Waals surface area contributed by atoms with Crippen LogP contribution in [0.4, 0.5) is 5.69 Å². The second-order valence-electron chi connectivity index (χ2n) is 2.49. The summed E-state index contributed by atoms with van der Waals surface area (Å²) in [4.78, 5) is 14.1. The predicted octanol–water partition coefficient (Wildman–Crippen LogP) is 2.71. The van der Waals surface area contributed by atoms with Crippen LogP contribution in [0.2, 0.25) is 5.02 Å². The van der Waals surface area contributed by atoms with E-state index < -0.39 is 5.91 Å². The standard InChI is InChI=1S/C10H7ClN2O/c1-7(12-2)10(14)13-9-6-4-3-5-8(9)11/h3-6H,1H2,(H,13,14). The van der Waals surface area contributed by atoms with Crippen LogP contribution < -0.4 is 5.32 Å². The Hall–Kier alpha value is -1.79. The quantitative estimate of drug-likeness (QED) is 0.586. The van der Waals surface area contributed by atoms with Crippen molar-refractivity contribution in [1.29, 1.82) is 0 Å². The van der Waals surface area contributed by atoms with E-state index in [4.69, 9.17) is 18.2 Å². The Balaban J connectivity index is 2.81. The van der Waals surface area contributed by atoms with Gasteiger partial charge in [-0.05, 0) is 12.1 Å². The first-order valence-corrected chi connectivity index (χ1v) is 4.15. The summed E-state index contributed by atoms with van der Waals surface area (Å²) in [5.41, 5.74) is 0.314. The number of nitrogens with zero attached hydrogens (tertiary/aromatic N) is 1. The highest BCUT2D eigenvalue weighted by molar-refractivity contribution is 6.33. The molecule has 4 heteroatoms. The third-order valence-corrected chi connectivity index (χ3v) is 1.85. The molecule has 0 bridgehead atoms. The van der Waals surface area contributed by atoms with Crippen LogP contribution >= 0.6 is 11.6 Å². The number of para-hydroxylation sites is 1. The normalized spacial score (nSPS) is 8.86. The van der Waals surface area contributed by atoms with Gasteiger partial charge in [0.2, 0.25) is 5.70 Å². The summed E-state index contributed by atoms with van der Waals surface area (Å²) in [6.07, 6.45) is 0. The van der Waals surface area contributed by atoms with Crippen LogP contribution in [0.15, 0.2) is 36.5 Å². The number of benzene rings is 1. The number of amides is 1. The Morgan fingerprint density at radius 3 is 2.71 bits per heavy atom. The Bertz CT molecular complexity index is 420. The molecule has 70 valence electrons. The molecule has 0 heterocycles. The molecule has 1 N–H and O–H groups in total. The topological polar surface area (TPSA) is 33.5 Å². The number of carbonyl (C=O) groups excluding carboxylic acids is 1. The van der Waals surface area contributed by atoms with Crippen molar-refractivity contribution in [2.45, 2.75) is 0 Å². The molecular weight excluding hydrogens is 200 g/mol. The van der Waals surface area contributed by atoms with E-state index in [9.17, 15) is 4.79 Å². The number of halogens is 1. The van der Waals surface area contributed by atoms with Crippen molar-refractivity contribution < 1.29 is 4.79 Å². The van der Waals surface area contributed by atoms with E-state index >= 15 is 0 Å². The molecule has 0 spiro atoms. The predicted molar refractivity (Wildman–Crippen MR) is 55.8 cm³/mol. The maximum Gasteiger partial charge on any atom is 0.254 e. The second kappa shape index (κ2) is 4.45. The minimum atomic E-state index is -0.534. The number of hydrogen-bond acceptors (Lipinski definition) is 1. The zero-order valence-corrected chi connectivity index (χ0v) is 8.01. The van der Waals surface area contributed by atoms with E-state index in [1.54, 1.807) is 24.3 Å². The Kier molecular flexibility index (Phi) is 3.27. The van der Waals surface area contributed by atoms with Crippen LogP contribution in [0.1, 0.15) is 0 Å². The molecule has 1 aromatic rings. The lowest BCUT2D eigenvalue weighted by molar-refractivity contribution is -0.112. The lowest BCUT2D eigenvalue weighted by Gasteiger charge is -2.04. The maximum atomic E-state index is 11.2. The van der Waals surface area contributed by atoms with Crippen LogP contribution in [0, 0.1) is 6.57 Å². The third-order valence-electron chi connectivity index (χ3n) is 1.52. The smallest absolute Gasteiger partial charge is 0.254 e. The largest absolute Gasteiger partial charge is 0.330 e. The van der Waals surface area contributed by atoms with Crippen molar-refractivity contribution in [3.05, 3.63) is 53.0 Å². The van der Waals surface area contributed by atoms with Gasteiger partial charge in [0.1, 0.15) is 0 Å². The summed E-state index contributed by atoms with van der Waals surface area (Å²) in [5, 5.41) is 2.91. The number of hydrogen-bond donors (Lipinski definition) is 1. The van der Waals surface area contributed by atoms with Gasteiger partial charge in [0.25, 0.3) is 5.91 Å². The monoisotopic (exact) mass is 206 g/mol. The van der Waals surface area contributed by atoms with Gasteiger partial charge in [0, 0.05) is 0 Å². The van der Waals surface area contributed by atoms with Gasteiger partial charge in [0.15, 0.2) is 0 Å². The van der Waals surface area contributed by atoms with Crippen molar-refractivity contribution in [2.75, 3.05) is 5.32 Å². The van der Waals surface area contributed by atoms with E-state index in [1.807, 2.05) is 0 Å². The number of carbonyl (C=O) groups is 1. The summed E-state index contributed by atoms with van der Waals surface area (Å²) in [7, 11) is 0. The third kappa shape index (κ3) is 2.35. The first kappa shape index (κ1) is 10.3. The molecule has 0 saturated heterocycles. The Morgan fingerprint density at radius 1 is 1.50 bits per heavy atom. The minimum Gasteiger partial charge on any atom is -0.330 e. The zero-order chi connectivity index (χ0) is 10.6. The van der Waals surface area contributed by atoms with Gasteiger partial charge < -0.3 is 5.32 Å². The fourth-order valence-corrected chi connectivity index (χ4v) is 0.991. The van der Waals surface area contributed by atoms with Crippen LogP contribution in [-0.4, -0.2) is 5.91 Å². The van der Waals surface area contributed by atoms with E-state index in [0.717, 1.165) is 0 Å². The molecule has 14 heavy (non-hydrogen) atoms. The zero-order valence-electron chi connectivity index (χ0n) is 7.25. The van der Waals surface area contributed by atoms with Crippen molar-refractivity contribution in [3.8, 4) is 0 Å². The molecule has 0 aliphatic carbocycles. The number of anilines is 1. The van der Waals surface area contributed by atoms with Crippen LogP contribution in [0.5, 0.6) is 0 Å². The first-order chi connectivity index (χ1) is 6.65. The lowest BCUT2D eigenvalue weighted by Crippen LogP contribution is -2.11. The molecule has 0 aliphatic rings. The van der Waals surface area contributed by atoms with Crippen LogP contribution in [0.3, 0.4) is 0 Å². The van der Waals surface area contributed by atoms with Gasteiger partial charge >= 0.3 is 0 Å². The van der Waals surface area contributed by atoms with Crippen molar-refractivity contribution >= 4 is 23.2 Å². The maximum absolute atomic E-state index is 11.2. The molecule has 0 fully saturated rings. The average molecular weight is 207 g/mol. The molecule has 0 aliphatic heterocycles. The van der Waals surface area contributed by atoms with Gasteiger partial charge in [-0.25, -0.2) is 4.85 Å². The number of nitrogens with one attached hydrogen (secondary N) is 1. The van der Waals surface area contributed by atoms with E-state index in [1.165, 1.54) is 0 Å². The van der Waals surface area contributed by atoms with E-state index in [2.05, 4.69) is 16.7 Å². The average Bonchev–Trinajstić information content (AvgIpc) is 2.20. The van der Waals surface area contributed by atoms with Gasteiger partial charge in [0.05, 0.1) is 17.3 Å². The lowest BCUT2D eigenvalue weighted by atomic mass is 10.3. The highest BCUT2D eigenvalue weighted by Gasteiger charge is 2.08. The summed E-state index contributed by atoms with van der Waals surface area (Å²) >= 11 is 5.79. The van der Waals surface area contributed by atoms with E-state index in [0.29, 0.717) is 10.7 Å². The molecule has 0 unspecified atom stereocenters. The summed E-state index contributed by atoms with van der Waals surface area (Å²) < 4.78 is 0. The summed E-state index contributed by atoms with van der Waals surface area (Å²) in [6.45, 7) is 9.88. The van der Waals surface area contributed by atoms with E-state index in [-0.39, 0.29) is 5.70 Å². The molecule has 0 atom stereocenters. The van der Waals surface area contributed by atoms with Crippen molar-refractivity contribution in [3.63, 3.8) is 0 Å². The van der Waals surface area contributed by atoms with Crippen LogP contribution in [-0.2, 0) is 4.79 Å². The first-order valence-electron chi connectivity index (χ1n) is 3.77. The molecule has 1 rings (SSSR count). The van der Waals surface area contributed by atoms with Crippen molar-refractivity contribution in [2.24, 2.45) is 0 Å². The van der Waals surface area contributed by atoms with Gasteiger partial charge in [-0.3, -0.25) is 4.79 Å². The molecule has 0 saturated carbocycles. The minimum absolute atomic E-state index is 0.162. The fraction of sp³-hybridized carbons (Fsp3) is 0. The fourth-order valence-electron chi connectivity index (χ4n) is 0.808. The van der Waals surface area contributed by atoms with Gasteiger partial charge in [-0.2, -0.15) is 0 Å². The highest BCUT2D eigenvalue weighted by Crippen LogP contribution is 2.20. The Labute approximate surface area is 86.8 Å². The summed E-state index contributed by atoms with van der Waals surface area (Å²) in [6, 6.07) is 6.79. The molecular formula is C10H7ClN2O. The second-order valence-corrected chi connectivity index (χ2v) is 2.90.